The average molecular weight is 307 g/mol. The first-order chi connectivity index (χ1) is 9.95. The number of anilines is 1. The number of carbonyl (C=O) groups is 1. The van der Waals surface area contributed by atoms with Crippen molar-refractivity contribution in [3.63, 3.8) is 0 Å². The fraction of sp³-hybridized carbons (Fsp3) is 0.143. The van der Waals surface area contributed by atoms with Gasteiger partial charge in [-0.05, 0) is 18.6 Å². The normalized spacial score (nSPS) is 10.2. The average Bonchev–Trinajstić information content (AvgIpc) is 2.43. The molecule has 0 aliphatic carbocycles. The van der Waals surface area contributed by atoms with Crippen molar-refractivity contribution in [2.24, 2.45) is 0 Å². The molecule has 0 saturated carbocycles. The van der Waals surface area contributed by atoms with Crippen molar-refractivity contribution in [3.05, 3.63) is 63.4 Å². The highest BCUT2D eigenvalue weighted by atomic mass is 35.5. The smallest absolute Gasteiger partial charge is 0.290 e. The van der Waals surface area contributed by atoms with Gasteiger partial charge in [-0.15, -0.1) is 0 Å². The second-order valence-electron chi connectivity index (χ2n) is 4.52. The SMILES string of the molecule is Cc1cc[n+](CC(=O)Nc2cc([N+](=O)[O-])ccc2Cl)cc1. The minimum Gasteiger partial charge on any atom is -0.319 e. The second kappa shape index (κ2) is 6.32. The van der Waals surface area contributed by atoms with Crippen LogP contribution in [0, 0.1) is 17.0 Å². The number of pyridine rings is 1. The zero-order valence-corrected chi connectivity index (χ0v) is 12.0. The van der Waals surface area contributed by atoms with E-state index in [1.54, 1.807) is 17.0 Å². The highest BCUT2D eigenvalue weighted by molar-refractivity contribution is 6.33. The Labute approximate surface area is 126 Å². The van der Waals surface area contributed by atoms with Gasteiger partial charge in [-0.1, -0.05) is 11.6 Å². The topological polar surface area (TPSA) is 76.1 Å². The van der Waals surface area contributed by atoms with E-state index < -0.39 is 4.92 Å². The zero-order chi connectivity index (χ0) is 15.4. The number of nitro benzene ring substituents is 1. The van der Waals surface area contributed by atoms with Gasteiger partial charge in [0.05, 0.1) is 15.6 Å². The third kappa shape index (κ3) is 4.00. The Kier molecular flexibility index (Phi) is 4.49. The summed E-state index contributed by atoms with van der Waals surface area (Å²) in [6.07, 6.45) is 3.56. The van der Waals surface area contributed by atoms with Gasteiger partial charge in [0.15, 0.2) is 12.4 Å². The quantitative estimate of drug-likeness (QED) is 0.535. The van der Waals surface area contributed by atoms with Crippen LogP contribution in [0.4, 0.5) is 11.4 Å². The van der Waals surface area contributed by atoms with Gasteiger partial charge in [0, 0.05) is 24.3 Å². The number of hydrogen-bond acceptors (Lipinski definition) is 3. The van der Waals surface area contributed by atoms with E-state index in [0.717, 1.165) is 5.56 Å². The molecule has 6 nitrogen and oxygen atoms in total. The molecule has 7 heteroatoms. The van der Waals surface area contributed by atoms with E-state index in [0.29, 0.717) is 0 Å². The minimum atomic E-state index is -0.541. The summed E-state index contributed by atoms with van der Waals surface area (Å²) in [5, 5.41) is 13.5. The Morgan fingerprint density at radius 3 is 2.62 bits per heavy atom. The highest BCUT2D eigenvalue weighted by Crippen LogP contribution is 2.26. The molecule has 0 fully saturated rings. The number of benzene rings is 1. The summed E-state index contributed by atoms with van der Waals surface area (Å²) in [5.41, 5.74) is 1.19. The maximum Gasteiger partial charge on any atom is 0.290 e. The number of nitro groups is 1. The molecule has 108 valence electrons. The Balaban J connectivity index is 2.10. The van der Waals surface area contributed by atoms with Crippen molar-refractivity contribution in [2.45, 2.75) is 13.5 Å². The summed E-state index contributed by atoms with van der Waals surface area (Å²) >= 11 is 5.92. The molecule has 2 rings (SSSR count). The molecule has 0 bridgehead atoms. The van der Waals surface area contributed by atoms with Crippen LogP contribution >= 0.6 is 11.6 Å². The van der Waals surface area contributed by atoms with Crippen molar-refractivity contribution < 1.29 is 14.3 Å². The summed E-state index contributed by atoms with van der Waals surface area (Å²) in [7, 11) is 0. The Hall–Kier alpha value is -2.47. The molecule has 21 heavy (non-hydrogen) atoms. The van der Waals surface area contributed by atoms with Crippen LogP contribution in [-0.2, 0) is 11.3 Å². The number of amides is 1. The van der Waals surface area contributed by atoms with Gasteiger partial charge in [0.2, 0.25) is 6.54 Å². The highest BCUT2D eigenvalue weighted by Gasteiger charge is 2.14. The summed E-state index contributed by atoms with van der Waals surface area (Å²) in [5.74, 6) is -0.314. The van der Waals surface area contributed by atoms with Crippen LogP contribution in [0.3, 0.4) is 0 Å². The van der Waals surface area contributed by atoms with Crippen LogP contribution in [0.2, 0.25) is 5.02 Å². The number of aromatic nitrogens is 1. The lowest BCUT2D eigenvalue weighted by Crippen LogP contribution is -2.39. The van der Waals surface area contributed by atoms with Gasteiger partial charge in [-0.2, -0.15) is 4.57 Å². The number of non-ortho nitro benzene ring substituents is 1. The van der Waals surface area contributed by atoms with Crippen LogP contribution in [0.25, 0.3) is 0 Å². The predicted molar refractivity (Wildman–Crippen MR) is 78.1 cm³/mol. The number of nitrogens with one attached hydrogen (secondary N) is 1. The lowest BCUT2D eigenvalue weighted by molar-refractivity contribution is -0.684. The number of rotatable bonds is 4. The maximum atomic E-state index is 11.9. The largest absolute Gasteiger partial charge is 0.319 e. The number of hydrogen-bond donors (Lipinski definition) is 1. The first-order valence-corrected chi connectivity index (χ1v) is 6.53. The fourth-order valence-electron chi connectivity index (χ4n) is 1.72. The summed E-state index contributed by atoms with van der Waals surface area (Å²) < 4.78 is 1.70. The van der Waals surface area contributed by atoms with E-state index in [2.05, 4.69) is 5.32 Å². The number of halogens is 1. The molecule has 0 radical (unpaired) electrons. The van der Waals surface area contributed by atoms with E-state index in [1.807, 2.05) is 19.1 Å². The fourth-order valence-corrected chi connectivity index (χ4v) is 1.88. The molecule has 2 aromatic rings. The second-order valence-corrected chi connectivity index (χ2v) is 4.92. The molecular weight excluding hydrogens is 294 g/mol. The molecule has 0 unspecified atom stereocenters. The van der Waals surface area contributed by atoms with Crippen molar-refractivity contribution in [1.82, 2.24) is 0 Å². The van der Waals surface area contributed by atoms with Crippen molar-refractivity contribution >= 4 is 28.9 Å². The zero-order valence-electron chi connectivity index (χ0n) is 11.2. The maximum absolute atomic E-state index is 11.9. The van der Waals surface area contributed by atoms with E-state index in [4.69, 9.17) is 11.6 Å². The van der Waals surface area contributed by atoms with Gasteiger partial charge >= 0.3 is 0 Å². The molecule has 0 saturated heterocycles. The molecule has 0 spiro atoms. The van der Waals surface area contributed by atoms with Crippen molar-refractivity contribution in [3.8, 4) is 0 Å². The summed E-state index contributed by atoms with van der Waals surface area (Å²) in [6.45, 7) is 2.05. The molecule has 0 aliphatic heterocycles. The number of nitrogens with zero attached hydrogens (tertiary/aromatic N) is 2. The number of aryl methyl sites for hydroxylation is 1. The first-order valence-electron chi connectivity index (χ1n) is 6.15. The van der Waals surface area contributed by atoms with Gasteiger partial charge < -0.3 is 5.32 Å². The van der Waals surface area contributed by atoms with E-state index in [1.165, 1.54) is 18.2 Å². The molecule has 1 aromatic carbocycles. The Morgan fingerprint density at radius 2 is 2.00 bits per heavy atom. The molecule has 1 aromatic heterocycles. The van der Waals surface area contributed by atoms with Gasteiger partial charge in [0.1, 0.15) is 0 Å². The van der Waals surface area contributed by atoms with Crippen LogP contribution in [0.15, 0.2) is 42.7 Å². The number of carbonyl (C=O) groups excluding carboxylic acids is 1. The van der Waals surface area contributed by atoms with Crippen LogP contribution in [0.1, 0.15) is 5.56 Å². The van der Waals surface area contributed by atoms with Gasteiger partial charge in [0.25, 0.3) is 11.6 Å². The van der Waals surface area contributed by atoms with E-state index >= 15 is 0 Å². The predicted octanol–water partition coefficient (Wildman–Crippen LogP) is 2.48. The lowest BCUT2D eigenvalue weighted by Gasteiger charge is -2.05. The Morgan fingerprint density at radius 1 is 1.33 bits per heavy atom. The van der Waals surface area contributed by atoms with E-state index in [9.17, 15) is 14.9 Å². The van der Waals surface area contributed by atoms with Crippen LogP contribution in [0.5, 0.6) is 0 Å². The van der Waals surface area contributed by atoms with Crippen LogP contribution in [-0.4, -0.2) is 10.8 Å². The van der Waals surface area contributed by atoms with Gasteiger partial charge in [-0.25, -0.2) is 0 Å². The summed E-state index contributed by atoms with van der Waals surface area (Å²) in [4.78, 5) is 22.1. The first kappa shape index (κ1) is 14.9. The minimum absolute atomic E-state index is 0.0965. The third-order valence-electron chi connectivity index (χ3n) is 2.82. The standard InChI is InChI=1S/C14H12ClN3O3/c1-10-4-6-17(7-5-10)9-14(19)16-13-8-11(18(20)21)2-3-12(13)15/h2-8H,9H2,1H3/p+1. The molecule has 1 heterocycles. The third-order valence-corrected chi connectivity index (χ3v) is 3.15. The van der Waals surface area contributed by atoms with Crippen LogP contribution < -0.4 is 9.88 Å². The monoisotopic (exact) mass is 306 g/mol. The van der Waals surface area contributed by atoms with Crippen molar-refractivity contribution in [1.29, 1.82) is 0 Å². The van der Waals surface area contributed by atoms with Gasteiger partial charge in [-0.3, -0.25) is 14.9 Å². The van der Waals surface area contributed by atoms with E-state index in [-0.39, 0.29) is 28.8 Å². The molecular formula is C14H13ClN3O3+. The molecule has 0 atom stereocenters. The molecule has 1 amide bonds. The summed E-state index contributed by atoms with van der Waals surface area (Å²) in [6, 6.07) is 7.67. The Bertz CT molecular complexity index is 686. The lowest BCUT2D eigenvalue weighted by atomic mass is 10.2. The molecule has 0 aliphatic rings. The molecule has 1 N–H and O–H groups in total. The van der Waals surface area contributed by atoms with Crippen molar-refractivity contribution in [2.75, 3.05) is 5.32 Å².